The van der Waals surface area contributed by atoms with Crippen molar-refractivity contribution in [1.82, 2.24) is 0 Å². The van der Waals surface area contributed by atoms with E-state index in [9.17, 15) is 18.3 Å². The van der Waals surface area contributed by atoms with Crippen LogP contribution in [0.3, 0.4) is 0 Å². The molecule has 1 aliphatic rings. The standard InChI is InChI=1S/C11H11F3O3/c12-11(13,14)6-8(15)7-1-2-9-10(5-7)17-4-3-16-9/h1-2,5,8,15H,3-4,6H2. The number of rotatable bonds is 2. The Morgan fingerprint density at radius 1 is 1.18 bits per heavy atom. The Hall–Kier alpha value is -1.43. The zero-order valence-corrected chi connectivity index (χ0v) is 8.83. The van der Waals surface area contributed by atoms with Gasteiger partial charge in [0.1, 0.15) is 13.2 Å². The number of benzene rings is 1. The van der Waals surface area contributed by atoms with Gasteiger partial charge >= 0.3 is 6.18 Å². The molecule has 0 spiro atoms. The Kier molecular flexibility index (Phi) is 3.15. The molecule has 0 saturated heterocycles. The van der Waals surface area contributed by atoms with Gasteiger partial charge in [-0.3, -0.25) is 0 Å². The van der Waals surface area contributed by atoms with Gasteiger partial charge in [0, 0.05) is 0 Å². The molecule has 17 heavy (non-hydrogen) atoms. The summed E-state index contributed by atoms with van der Waals surface area (Å²) in [6, 6.07) is 4.29. The summed E-state index contributed by atoms with van der Waals surface area (Å²) in [4.78, 5) is 0. The maximum absolute atomic E-state index is 12.1. The van der Waals surface area contributed by atoms with Crippen molar-refractivity contribution in [3.05, 3.63) is 23.8 Å². The number of fused-ring (bicyclic) bond motifs is 1. The van der Waals surface area contributed by atoms with Gasteiger partial charge in [0.15, 0.2) is 11.5 Å². The van der Waals surface area contributed by atoms with Gasteiger partial charge in [0.25, 0.3) is 0 Å². The lowest BCUT2D eigenvalue weighted by atomic mass is 10.1. The van der Waals surface area contributed by atoms with Crippen LogP contribution in [0, 0.1) is 0 Å². The lowest BCUT2D eigenvalue weighted by molar-refractivity contribution is -0.154. The van der Waals surface area contributed by atoms with Crippen molar-refractivity contribution < 1.29 is 27.8 Å². The molecule has 6 heteroatoms. The van der Waals surface area contributed by atoms with Gasteiger partial charge in [-0.15, -0.1) is 0 Å². The summed E-state index contributed by atoms with van der Waals surface area (Å²) in [5.41, 5.74) is 0.173. The van der Waals surface area contributed by atoms with Gasteiger partial charge < -0.3 is 14.6 Å². The van der Waals surface area contributed by atoms with Gasteiger partial charge in [0.2, 0.25) is 0 Å². The summed E-state index contributed by atoms with van der Waals surface area (Å²) in [5.74, 6) is 0.856. The van der Waals surface area contributed by atoms with E-state index in [0.29, 0.717) is 24.7 Å². The topological polar surface area (TPSA) is 38.7 Å². The van der Waals surface area contributed by atoms with E-state index in [1.54, 1.807) is 0 Å². The van der Waals surface area contributed by atoms with Crippen LogP contribution in [-0.2, 0) is 0 Å². The van der Waals surface area contributed by atoms with Gasteiger partial charge in [-0.05, 0) is 17.7 Å². The molecule has 0 aromatic heterocycles. The Labute approximate surface area is 95.8 Å². The van der Waals surface area contributed by atoms with E-state index >= 15 is 0 Å². The minimum absolute atomic E-state index is 0.173. The first-order valence-corrected chi connectivity index (χ1v) is 5.10. The molecule has 94 valence electrons. The van der Waals surface area contributed by atoms with E-state index in [2.05, 4.69) is 0 Å². The lowest BCUT2D eigenvalue weighted by Crippen LogP contribution is -2.17. The van der Waals surface area contributed by atoms with Crippen molar-refractivity contribution in [2.45, 2.75) is 18.7 Å². The van der Waals surface area contributed by atoms with E-state index < -0.39 is 18.7 Å². The van der Waals surface area contributed by atoms with Crippen molar-refractivity contribution in [3.63, 3.8) is 0 Å². The van der Waals surface area contributed by atoms with Gasteiger partial charge in [-0.25, -0.2) is 0 Å². The zero-order valence-electron chi connectivity index (χ0n) is 8.83. The average molecular weight is 248 g/mol. The molecule has 1 aromatic rings. The monoisotopic (exact) mass is 248 g/mol. The van der Waals surface area contributed by atoms with Crippen molar-refractivity contribution in [2.75, 3.05) is 13.2 Å². The van der Waals surface area contributed by atoms with Crippen LogP contribution in [0.1, 0.15) is 18.1 Å². The molecule has 1 atom stereocenters. The van der Waals surface area contributed by atoms with Crippen LogP contribution < -0.4 is 9.47 Å². The Bertz CT molecular complexity index is 403. The zero-order chi connectivity index (χ0) is 12.5. The fourth-order valence-corrected chi connectivity index (χ4v) is 1.60. The van der Waals surface area contributed by atoms with Gasteiger partial charge in [-0.2, -0.15) is 13.2 Å². The molecule has 0 bridgehead atoms. The molecular weight excluding hydrogens is 237 g/mol. The number of ether oxygens (including phenoxy) is 2. The molecule has 1 aliphatic heterocycles. The molecule has 1 heterocycles. The van der Waals surface area contributed by atoms with E-state index in [1.165, 1.54) is 18.2 Å². The number of aliphatic hydroxyl groups is 1. The number of halogens is 3. The number of hydrogen-bond acceptors (Lipinski definition) is 3. The van der Waals surface area contributed by atoms with Crippen LogP contribution in [0.2, 0.25) is 0 Å². The minimum Gasteiger partial charge on any atom is -0.486 e. The van der Waals surface area contributed by atoms with E-state index in [4.69, 9.17) is 9.47 Å². The third kappa shape index (κ3) is 3.03. The molecular formula is C11H11F3O3. The highest BCUT2D eigenvalue weighted by atomic mass is 19.4. The minimum atomic E-state index is -4.40. The van der Waals surface area contributed by atoms with E-state index in [0.717, 1.165) is 0 Å². The summed E-state index contributed by atoms with van der Waals surface area (Å²) >= 11 is 0. The third-order valence-electron chi connectivity index (χ3n) is 2.38. The summed E-state index contributed by atoms with van der Waals surface area (Å²) < 4.78 is 46.8. The second-order valence-corrected chi connectivity index (χ2v) is 3.74. The molecule has 0 radical (unpaired) electrons. The first kappa shape index (κ1) is 12.0. The molecule has 3 nitrogen and oxygen atoms in total. The van der Waals surface area contributed by atoms with Crippen LogP contribution in [0.25, 0.3) is 0 Å². The molecule has 0 saturated carbocycles. The average Bonchev–Trinajstić information content (AvgIpc) is 2.26. The second-order valence-electron chi connectivity index (χ2n) is 3.74. The summed E-state index contributed by atoms with van der Waals surface area (Å²) in [6.45, 7) is 0.767. The van der Waals surface area contributed by atoms with Crippen LogP contribution >= 0.6 is 0 Å². The summed E-state index contributed by atoms with van der Waals surface area (Å²) in [6.07, 6.45) is -7.25. The number of aliphatic hydroxyl groups excluding tert-OH is 1. The first-order valence-electron chi connectivity index (χ1n) is 5.10. The highest BCUT2D eigenvalue weighted by molar-refractivity contribution is 5.44. The molecule has 0 amide bonds. The summed E-state index contributed by atoms with van der Waals surface area (Å²) in [7, 11) is 0. The van der Waals surface area contributed by atoms with Crippen molar-refractivity contribution >= 4 is 0 Å². The number of alkyl halides is 3. The smallest absolute Gasteiger partial charge is 0.391 e. The van der Waals surface area contributed by atoms with E-state index in [-0.39, 0.29) is 5.56 Å². The molecule has 1 aromatic carbocycles. The molecule has 1 unspecified atom stereocenters. The predicted octanol–water partition coefficient (Wildman–Crippen LogP) is 2.44. The third-order valence-corrected chi connectivity index (χ3v) is 2.38. The maximum Gasteiger partial charge on any atom is 0.391 e. The maximum atomic E-state index is 12.1. The highest BCUT2D eigenvalue weighted by Crippen LogP contribution is 2.35. The molecule has 2 rings (SSSR count). The van der Waals surface area contributed by atoms with Gasteiger partial charge in [0.05, 0.1) is 12.5 Å². The fourth-order valence-electron chi connectivity index (χ4n) is 1.60. The Balaban J connectivity index is 2.16. The molecule has 0 aliphatic carbocycles. The quantitative estimate of drug-likeness (QED) is 0.873. The van der Waals surface area contributed by atoms with Crippen molar-refractivity contribution in [3.8, 4) is 11.5 Å². The van der Waals surface area contributed by atoms with Crippen LogP contribution in [0.5, 0.6) is 11.5 Å². The van der Waals surface area contributed by atoms with Crippen LogP contribution in [0.4, 0.5) is 13.2 Å². The normalized spacial score (nSPS) is 16.7. The fraction of sp³-hybridized carbons (Fsp3) is 0.455. The first-order chi connectivity index (χ1) is 7.96. The Morgan fingerprint density at radius 3 is 2.47 bits per heavy atom. The number of hydrogen-bond donors (Lipinski definition) is 1. The largest absolute Gasteiger partial charge is 0.486 e. The van der Waals surface area contributed by atoms with Crippen LogP contribution in [0.15, 0.2) is 18.2 Å². The van der Waals surface area contributed by atoms with Crippen LogP contribution in [-0.4, -0.2) is 24.5 Å². The molecule has 0 fully saturated rings. The lowest BCUT2D eigenvalue weighted by Gasteiger charge is -2.20. The summed E-state index contributed by atoms with van der Waals surface area (Å²) in [5, 5.41) is 9.44. The predicted molar refractivity (Wildman–Crippen MR) is 53.1 cm³/mol. The van der Waals surface area contributed by atoms with Gasteiger partial charge in [-0.1, -0.05) is 6.07 Å². The van der Waals surface area contributed by atoms with Crippen molar-refractivity contribution in [1.29, 1.82) is 0 Å². The highest BCUT2D eigenvalue weighted by Gasteiger charge is 2.32. The Morgan fingerprint density at radius 2 is 1.82 bits per heavy atom. The second kappa shape index (κ2) is 4.44. The molecule has 1 N–H and O–H groups in total. The SMILES string of the molecule is OC(CC(F)(F)F)c1ccc2c(c1)OCCO2. The van der Waals surface area contributed by atoms with E-state index in [1.807, 2.05) is 0 Å². The van der Waals surface area contributed by atoms with Crippen molar-refractivity contribution in [2.24, 2.45) is 0 Å².